The van der Waals surface area contributed by atoms with E-state index in [-0.39, 0.29) is 25.6 Å². The lowest BCUT2D eigenvalue weighted by Crippen LogP contribution is -2.56. The summed E-state index contributed by atoms with van der Waals surface area (Å²) >= 11 is 0. The van der Waals surface area contributed by atoms with Crippen LogP contribution in [0, 0.1) is 5.41 Å². The Morgan fingerprint density at radius 1 is 1.14 bits per heavy atom. The maximum absolute atomic E-state index is 14.0. The molecule has 1 aromatic rings. The molecule has 2 heterocycles. The number of benzene rings is 1. The first-order valence-electron chi connectivity index (χ1n) is 10.2. The lowest BCUT2D eigenvalue weighted by molar-refractivity contribution is -0.218. The molecule has 0 aromatic heterocycles. The van der Waals surface area contributed by atoms with Gasteiger partial charge < -0.3 is 10.2 Å². The van der Waals surface area contributed by atoms with Gasteiger partial charge >= 0.3 is 6.18 Å². The maximum Gasteiger partial charge on any atom is 0.404 e. The molecule has 28 heavy (non-hydrogen) atoms. The van der Waals surface area contributed by atoms with Crippen LogP contribution < -0.4 is 5.32 Å². The van der Waals surface area contributed by atoms with E-state index in [1.807, 2.05) is 30.3 Å². The molecule has 1 atom stereocenters. The summed E-state index contributed by atoms with van der Waals surface area (Å²) in [5, 5.41) is 2.74. The van der Waals surface area contributed by atoms with Gasteiger partial charge in [-0.05, 0) is 44.3 Å². The van der Waals surface area contributed by atoms with Crippen molar-refractivity contribution in [1.82, 2.24) is 15.1 Å². The molecule has 2 fully saturated rings. The van der Waals surface area contributed by atoms with Crippen LogP contribution in [0.2, 0.25) is 0 Å². The van der Waals surface area contributed by atoms with Crippen LogP contribution in [0.15, 0.2) is 30.3 Å². The van der Waals surface area contributed by atoms with E-state index in [0.717, 1.165) is 31.6 Å². The molecule has 0 bridgehead atoms. The van der Waals surface area contributed by atoms with Gasteiger partial charge in [-0.3, -0.25) is 9.69 Å². The van der Waals surface area contributed by atoms with Crippen LogP contribution in [0.25, 0.3) is 0 Å². The molecule has 156 valence electrons. The van der Waals surface area contributed by atoms with Crippen molar-refractivity contribution >= 4 is 5.91 Å². The van der Waals surface area contributed by atoms with Gasteiger partial charge in [-0.25, -0.2) is 0 Å². The van der Waals surface area contributed by atoms with Crippen LogP contribution in [0.5, 0.6) is 0 Å². The molecule has 1 unspecified atom stereocenters. The third-order valence-electron chi connectivity index (χ3n) is 6.04. The average molecular weight is 397 g/mol. The lowest BCUT2D eigenvalue weighted by atomic mass is 9.84. The minimum Gasteiger partial charge on any atom is -0.352 e. The summed E-state index contributed by atoms with van der Waals surface area (Å²) in [6.45, 7) is 5.21. The highest BCUT2D eigenvalue weighted by molar-refractivity contribution is 5.84. The Bertz CT molecular complexity index is 644. The number of halogens is 3. The number of rotatable bonds is 6. The van der Waals surface area contributed by atoms with Gasteiger partial charge in [0, 0.05) is 32.2 Å². The number of amides is 1. The fraction of sp³-hybridized carbons (Fsp3) is 0.667. The highest BCUT2D eigenvalue weighted by Crippen LogP contribution is 2.46. The predicted molar refractivity (Wildman–Crippen MR) is 103 cm³/mol. The van der Waals surface area contributed by atoms with Crippen molar-refractivity contribution in [2.24, 2.45) is 5.41 Å². The number of hydrogen-bond acceptors (Lipinski definition) is 3. The lowest BCUT2D eigenvalue weighted by Gasteiger charge is -2.36. The summed E-state index contributed by atoms with van der Waals surface area (Å²) in [7, 11) is 0. The Morgan fingerprint density at radius 3 is 2.43 bits per heavy atom. The molecule has 1 aromatic carbocycles. The molecule has 0 saturated carbocycles. The summed E-state index contributed by atoms with van der Waals surface area (Å²) in [6.07, 6.45) is -2.23. The minimum atomic E-state index is -4.55. The first-order chi connectivity index (χ1) is 13.3. The van der Waals surface area contributed by atoms with Crippen molar-refractivity contribution in [1.29, 1.82) is 0 Å². The molecule has 3 rings (SSSR count). The van der Waals surface area contributed by atoms with Crippen LogP contribution >= 0.6 is 0 Å². The van der Waals surface area contributed by atoms with Crippen molar-refractivity contribution < 1.29 is 18.0 Å². The van der Waals surface area contributed by atoms with Gasteiger partial charge in [0.05, 0.1) is 0 Å². The summed E-state index contributed by atoms with van der Waals surface area (Å²) in [5.74, 6) is -0.843. The van der Waals surface area contributed by atoms with Crippen molar-refractivity contribution in [2.75, 3.05) is 32.7 Å². The van der Waals surface area contributed by atoms with Crippen molar-refractivity contribution in [3.63, 3.8) is 0 Å². The van der Waals surface area contributed by atoms with Gasteiger partial charge in [-0.15, -0.1) is 0 Å². The molecule has 0 spiro atoms. The molecule has 1 amide bonds. The number of likely N-dealkylation sites (tertiary alicyclic amines) is 2. The highest BCUT2D eigenvalue weighted by atomic mass is 19.4. The zero-order chi connectivity index (χ0) is 20.2. The van der Waals surface area contributed by atoms with Crippen LogP contribution in [0.1, 0.15) is 38.2 Å². The normalized spacial score (nSPS) is 25.1. The molecule has 0 aliphatic carbocycles. The summed E-state index contributed by atoms with van der Waals surface area (Å²) in [5.41, 5.74) is -1.34. The van der Waals surface area contributed by atoms with Gasteiger partial charge in [0.2, 0.25) is 5.91 Å². The number of hydrogen-bond donors (Lipinski definition) is 1. The standard InChI is InChI=1S/C21H30F3N3O/c1-2-11-26-12-8-18(9-13-26)25-19(28)20(21(22,23)24)10-14-27(16-20)15-17-6-4-3-5-7-17/h3-7,18H,2,8-16H2,1H3,(H,25,28). The van der Waals surface area contributed by atoms with Gasteiger partial charge in [-0.1, -0.05) is 37.3 Å². The van der Waals surface area contributed by atoms with E-state index in [9.17, 15) is 18.0 Å². The smallest absolute Gasteiger partial charge is 0.352 e. The number of carbonyl (C=O) groups excluding carboxylic acids is 1. The largest absolute Gasteiger partial charge is 0.404 e. The number of nitrogens with zero attached hydrogens (tertiary/aromatic N) is 2. The fourth-order valence-electron chi connectivity index (χ4n) is 4.35. The van der Waals surface area contributed by atoms with Crippen molar-refractivity contribution in [3.05, 3.63) is 35.9 Å². The maximum atomic E-state index is 14.0. The van der Waals surface area contributed by atoms with E-state index in [2.05, 4.69) is 17.1 Å². The molecule has 2 aliphatic rings. The molecule has 2 saturated heterocycles. The molecule has 0 radical (unpaired) electrons. The number of piperidine rings is 1. The Balaban J connectivity index is 1.63. The van der Waals surface area contributed by atoms with E-state index >= 15 is 0 Å². The van der Waals surface area contributed by atoms with E-state index in [4.69, 9.17) is 0 Å². The second-order valence-electron chi connectivity index (χ2n) is 8.12. The molecule has 4 nitrogen and oxygen atoms in total. The number of nitrogens with one attached hydrogen (secondary N) is 1. The van der Waals surface area contributed by atoms with Crippen molar-refractivity contribution in [3.8, 4) is 0 Å². The van der Waals surface area contributed by atoms with E-state index in [1.54, 1.807) is 4.90 Å². The van der Waals surface area contributed by atoms with Gasteiger partial charge in [0.1, 0.15) is 0 Å². The van der Waals surface area contributed by atoms with Crippen LogP contribution in [0.3, 0.4) is 0 Å². The molecular formula is C21H30F3N3O. The zero-order valence-electron chi connectivity index (χ0n) is 16.5. The quantitative estimate of drug-likeness (QED) is 0.799. The SMILES string of the molecule is CCCN1CCC(NC(=O)C2(C(F)(F)F)CCN(Cc3ccccc3)C2)CC1. The van der Waals surface area contributed by atoms with E-state index in [1.165, 1.54) is 0 Å². The Kier molecular flexibility index (Phi) is 6.65. The summed E-state index contributed by atoms with van der Waals surface area (Å²) in [6, 6.07) is 9.27. The van der Waals surface area contributed by atoms with Crippen molar-refractivity contribution in [2.45, 2.75) is 51.4 Å². The van der Waals surface area contributed by atoms with E-state index in [0.29, 0.717) is 19.4 Å². The number of alkyl halides is 3. The first kappa shape index (κ1) is 21.1. The first-order valence-corrected chi connectivity index (χ1v) is 10.2. The average Bonchev–Trinajstić information content (AvgIpc) is 3.10. The molecule has 2 aliphatic heterocycles. The third-order valence-corrected chi connectivity index (χ3v) is 6.04. The van der Waals surface area contributed by atoms with Crippen LogP contribution in [0.4, 0.5) is 13.2 Å². The molecule has 1 N–H and O–H groups in total. The highest BCUT2D eigenvalue weighted by Gasteiger charge is 2.63. The minimum absolute atomic E-state index is 0.164. The fourth-order valence-corrected chi connectivity index (χ4v) is 4.35. The van der Waals surface area contributed by atoms with Gasteiger partial charge in [0.25, 0.3) is 0 Å². The predicted octanol–water partition coefficient (Wildman–Crippen LogP) is 3.43. The van der Waals surface area contributed by atoms with Gasteiger partial charge in [-0.2, -0.15) is 13.2 Å². The third kappa shape index (κ3) is 4.69. The molecular weight excluding hydrogens is 367 g/mol. The Labute approximate surface area is 165 Å². The Morgan fingerprint density at radius 2 is 1.82 bits per heavy atom. The van der Waals surface area contributed by atoms with E-state index < -0.39 is 17.5 Å². The second-order valence-corrected chi connectivity index (χ2v) is 8.12. The van der Waals surface area contributed by atoms with Gasteiger partial charge in [0.15, 0.2) is 5.41 Å². The molecule has 7 heteroatoms. The van der Waals surface area contributed by atoms with Crippen LogP contribution in [-0.2, 0) is 11.3 Å². The summed E-state index contributed by atoms with van der Waals surface area (Å²) in [4.78, 5) is 16.9. The Hall–Kier alpha value is -1.60. The topological polar surface area (TPSA) is 35.6 Å². The van der Waals surface area contributed by atoms with Crippen LogP contribution in [-0.4, -0.2) is 60.6 Å². The monoisotopic (exact) mass is 397 g/mol. The second kappa shape index (κ2) is 8.82. The summed E-state index contributed by atoms with van der Waals surface area (Å²) < 4.78 is 42.0. The number of carbonyl (C=O) groups is 1. The zero-order valence-corrected chi connectivity index (χ0v) is 16.5.